The molecule has 1 atom stereocenters. The van der Waals surface area contributed by atoms with Crippen molar-refractivity contribution >= 4 is 11.8 Å². The lowest BCUT2D eigenvalue weighted by Gasteiger charge is -2.13. The Balaban J connectivity index is 1.89. The summed E-state index contributed by atoms with van der Waals surface area (Å²) in [6.07, 6.45) is -0.588. The smallest absolute Gasteiger partial charge is 0.253 e. The molecule has 126 valence electrons. The van der Waals surface area contributed by atoms with Crippen LogP contribution in [0.1, 0.15) is 27.6 Å². The van der Waals surface area contributed by atoms with E-state index in [0.717, 1.165) is 5.56 Å². The van der Waals surface area contributed by atoms with Crippen LogP contribution in [0.4, 0.5) is 0 Å². The summed E-state index contributed by atoms with van der Waals surface area (Å²) in [7, 11) is 3.42. The van der Waals surface area contributed by atoms with E-state index in [2.05, 4.69) is 5.32 Å². The summed E-state index contributed by atoms with van der Waals surface area (Å²) in [5, 5.41) is 12.7. The van der Waals surface area contributed by atoms with Gasteiger partial charge in [0, 0.05) is 26.2 Å². The van der Waals surface area contributed by atoms with Gasteiger partial charge in [-0.3, -0.25) is 9.59 Å². The maximum Gasteiger partial charge on any atom is 0.253 e. The Labute approximate surface area is 141 Å². The molecule has 5 heteroatoms. The number of hydrogen-bond donors (Lipinski definition) is 2. The van der Waals surface area contributed by atoms with Gasteiger partial charge in [0.05, 0.1) is 0 Å². The summed E-state index contributed by atoms with van der Waals surface area (Å²) in [5.41, 5.74) is 2.14. The van der Waals surface area contributed by atoms with E-state index in [4.69, 9.17) is 0 Å². The lowest BCUT2D eigenvalue weighted by Crippen LogP contribution is -2.31. The molecule has 0 saturated carbocycles. The van der Waals surface area contributed by atoms with Gasteiger partial charge in [-0.1, -0.05) is 42.5 Å². The number of rotatable bonds is 6. The minimum absolute atomic E-state index is 0.0552. The molecule has 24 heavy (non-hydrogen) atoms. The number of carbonyl (C=O) groups is 2. The van der Waals surface area contributed by atoms with E-state index < -0.39 is 12.0 Å². The Morgan fingerprint density at radius 2 is 1.79 bits per heavy atom. The van der Waals surface area contributed by atoms with Crippen LogP contribution in [0.3, 0.4) is 0 Å². The second-order valence-electron chi connectivity index (χ2n) is 5.75. The molecular weight excluding hydrogens is 304 g/mol. The van der Waals surface area contributed by atoms with Crippen molar-refractivity contribution in [2.24, 2.45) is 0 Å². The predicted molar refractivity (Wildman–Crippen MR) is 92.6 cm³/mol. The number of carbonyl (C=O) groups excluding carboxylic acids is 2. The van der Waals surface area contributed by atoms with E-state index in [1.165, 1.54) is 4.90 Å². The highest BCUT2D eigenvalue weighted by molar-refractivity contribution is 5.94. The van der Waals surface area contributed by atoms with Crippen molar-refractivity contribution in [2.75, 3.05) is 20.6 Å². The van der Waals surface area contributed by atoms with Crippen molar-refractivity contribution in [3.8, 4) is 0 Å². The number of aliphatic hydroxyl groups excluding tert-OH is 1. The fourth-order valence-corrected chi connectivity index (χ4v) is 2.33. The van der Waals surface area contributed by atoms with Gasteiger partial charge < -0.3 is 15.3 Å². The van der Waals surface area contributed by atoms with E-state index in [1.807, 2.05) is 24.3 Å². The fraction of sp³-hybridized carbons (Fsp3) is 0.263. The van der Waals surface area contributed by atoms with Crippen molar-refractivity contribution < 1.29 is 14.7 Å². The molecule has 0 radical (unpaired) electrons. The van der Waals surface area contributed by atoms with Crippen LogP contribution in [0.2, 0.25) is 0 Å². The first kappa shape index (κ1) is 17.7. The molecule has 0 heterocycles. The summed E-state index contributed by atoms with van der Waals surface area (Å²) in [4.78, 5) is 25.4. The van der Waals surface area contributed by atoms with Crippen LogP contribution in [-0.4, -0.2) is 42.5 Å². The molecule has 0 aromatic heterocycles. The third kappa shape index (κ3) is 4.67. The summed E-state index contributed by atoms with van der Waals surface area (Å²) in [6, 6.07) is 16.1. The van der Waals surface area contributed by atoms with E-state index in [9.17, 15) is 14.7 Å². The van der Waals surface area contributed by atoms with Gasteiger partial charge in [-0.05, 0) is 29.7 Å². The maximum absolute atomic E-state index is 12.0. The first-order valence-corrected chi connectivity index (χ1v) is 7.80. The van der Waals surface area contributed by atoms with Crippen LogP contribution in [0.5, 0.6) is 0 Å². The lowest BCUT2D eigenvalue weighted by atomic mass is 10.1. The van der Waals surface area contributed by atoms with Crippen molar-refractivity contribution in [2.45, 2.75) is 12.5 Å². The van der Waals surface area contributed by atoms with Crippen LogP contribution >= 0.6 is 0 Å². The van der Waals surface area contributed by atoms with Crippen LogP contribution in [-0.2, 0) is 11.2 Å². The molecule has 0 saturated heterocycles. The highest BCUT2D eigenvalue weighted by Gasteiger charge is 2.16. The van der Waals surface area contributed by atoms with Gasteiger partial charge in [-0.25, -0.2) is 0 Å². The van der Waals surface area contributed by atoms with Crippen LogP contribution in [0.25, 0.3) is 0 Å². The molecule has 5 nitrogen and oxygen atoms in total. The minimum Gasteiger partial charge on any atom is -0.378 e. The summed E-state index contributed by atoms with van der Waals surface area (Å²) in [5.74, 6) is -0.484. The van der Waals surface area contributed by atoms with Crippen molar-refractivity contribution in [3.63, 3.8) is 0 Å². The summed E-state index contributed by atoms with van der Waals surface area (Å²) >= 11 is 0. The molecule has 0 aliphatic rings. The molecule has 0 fully saturated rings. The highest BCUT2D eigenvalue weighted by atomic mass is 16.3. The topological polar surface area (TPSA) is 69.6 Å². The van der Waals surface area contributed by atoms with Gasteiger partial charge in [0.25, 0.3) is 11.8 Å². The first-order chi connectivity index (χ1) is 11.5. The Morgan fingerprint density at radius 3 is 2.46 bits per heavy atom. The molecular formula is C19H22N2O3. The molecule has 0 aliphatic carbocycles. The van der Waals surface area contributed by atoms with Crippen LogP contribution in [0.15, 0.2) is 54.6 Å². The van der Waals surface area contributed by atoms with Gasteiger partial charge >= 0.3 is 0 Å². The molecule has 0 spiro atoms. The third-order valence-electron chi connectivity index (χ3n) is 3.66. The minimum atomic E-state index is -1.17. The SMILES string of the molecule is CN(C)C(=O)c1cccc(CCNC(=O)C(O)c2ccccc2)c1. The van der Waals surface area contributed by atoms with Crippen LogP contribution in [0, 0.1) is 0 Å². The third-order valence-corrected chi connectivity index (χ3v) is 3.66. The molecule has 2 rings (SSSR count). The molecule has 0 bridgehead atoms. The number of aliphatic hydroxyl groups is 1. The number of nitrogens with zero attached hydrogens (tertiary/aromatic N) is 1. The number of amides is 2. The predicted octanol–water partition coefficient (Wildman–Crippen LogP) is 1.78. The average molecular weight is 326 g/mol. The Kier molecular flexibility index (Phi) is 6.09. The Bertz CT molecular complexity index is 699. The zero-order chi connectivity index (χ0) is 17.5. The second-order valence-corrected chi connectivity index (χ2v) is 5.75. The lowest BCUT2D eigenvalue weighted by molar-refractivity contribution is -0.129. The summed E-state index contributed by atoms with van der Waals surface area (Å²) in [6.45, 7) is 0.391. The van der Waals surface area contributed by atoms with Gasteiger partial charge in [-0.15, -0.1) is 0 Å². The molecule has 2 amide bonds. The molecule has 2 aromatic rings. The van der Waals surface area contributed by atoms with E-state index in [1.54, 1.807) is 44.4 Å². The Morgan fingerprint density at radius 1 is 1.08 bits per heavy atom. The quantitative estimate of drug-likeness (QED) is 0.850. The number of nitrogens with one attached hydrogen (secondary N) is 1. The van der Waals surface area contributed by atoms with Crippen molar-refractivity contribution in [1.29, 1.82) is 0 Å². The Hall–Kier alpha value is -2.66. The van der Waals surface area contributed by atoms with Crippen LogP contribution < -0.4 is 5.32 Å². The average Bonchev–Trinajstić information content (AvgIpc) is 2.61. The van der Waals surface area contributed by atoms with Crippen molar-refractivity contribution in [3.05, 3.63) is 71.3 Å². The maximum atomic E-state index is 12.0. The van der Waals surface area contributed by atoms with Crippen molar-refractivity contribution in [1.82, 2.24) is 10.2 Å². The molecule has 0 aliphatic heterocycles. The second kappa shape index (κ2) is 8.26. The van der Waals surface area contributed by atoms with Gasteiger partial charge in [0.1, 0.15) is 0 Å². The van der Waals surface area contributed by atoms with E-state index >= 15 is 0 Å². The number of hydrogen-bond acceptors (Lipinski definition) is 3. The normalized spacial score (nSPS) is 11.6. The zero-order valence-corrected chi connectivity index (χ0v) is 13.9. The fourth-order valence-electron chi connectivity index (χ4n) is 2.33. The van der Waals surface area contributed by atoms with Gasteiger partial charge in [0.15, 0.2) is 6.10 Å². The van der Waals surface area contributed by atoms with E-state index in [-0.39, 0.29) is 5.91 Å². The van der Waals surface area contributed by atoms with Gasteiger partial charge in [-0.2, -0.15) is 0 Å². The monoisotopic (exact) mass is 326 g/mol. The van der Waals surface area contributed by atoms with E-state index in [0.29, 0.717) is 24.1 Å². The van der Waals surface area contributed by atoms with Gasteiger partial charge in [0.2, 0.25) is 0 Å². The molecule has 2 aromatic carbocycles. The zero-order valence-electron chi connectivity index (χ0n) is 13.9. The standard InChI is InChI=1S/C19H22N2O3/c1-21(2)19(24)16-10-6-7-14(13-16)11-12-20-18(23)17(22)15-8-4-3-5-9-15/h3-10,13,17,22H,11-12H2,1-2H3,(H,20,23). The number of benzene rings is 2. The molecule has 2 N–H and O–H groups in total. The summed E-state index contributed by atoms with van der Waals surface area (Å²) < 4.78 is 0. The largest absolute Gasteiger partial charge is 0.378 e. The highest BCUT2D eigenvalue weighted by Crippen LogP contribution is 2.12. The first-order valence-electron chi connectivity index (χ1n) is 7.80. The molecule has 1 unspecified atom stereocenters.